The van der Waals surface area contributed by atoms with E-state index in [2.05, 4.69) is 20.8 Å². The van der Waals surface area contributed by atoms with Crippen LogP contribution in [-0.4, -0.2) is 16.2 Å². The van der Waals surface area contributed by atoms with E-state index in [4.69, 9.17) is 0 Å². The third-order valence-corrected chi connectivity index (χ3v) is 3.13. The largest absolute Gasteiger partial charge is 0.331 e. The number of urea groups is 1. The summed E-state index contributed by atoms with van der Waals surface area (Å²) in [5, 5.41) is 13.9. The molecule has 2 amide bonds. The Labute approximate surface area is 96.9 Å². The molecule has 0 bridgehead atoms. The Hall–Kier alpha value is -1.82. The van der Waals surface area contributed by atoms with E-state index in [0.29, 0.717) is 5.69 Å². The molecule has 84 valence electrons. The van der Waals surface area contributed by atoms with Crippen LogP contribution in [0.1, 0.15) is 17.8 Å². The van der Waals surface area contributed by atoms with E-state index in [1.807, 2.05) is 24.4 Å². The number of rotatable bonds is 3. The van der Waals surface area contributed by atoms with Crippen molar-refractivity contribution in [3.05, 3.63) is 34.8 Å². The monoisotopic (exact) mass is 236 g/mol. The van der Waals surface area contributed by atoms with E-state index in [-0.39, 0.29) is 12.1 Å². The summed E-state index contributed by atoms with van der Waals surface area (Å²) in [7, 11) is 0. The van der Waals surface area contributed by atoms with Crippen molar-refractivity contribution in [2.45, 2.75) is 13.0 Å². The number of amides is 2. The first kappa shape index (κ1) is 10.7. The second-order valence-electron chi connectivity index (χ2n) is 3.32. The number of nitrogens with zero attached hydrogens (tertiary/aromatic N) is 1. The summed E-state index contributed by atoms with van der Waals surface area (Å²) < 4.78 is 0. The van der Waals surface area contributed by atoms with Gasteiger partial charge in [-0.3, -0.25) is 5.10 Å². The normalized spacial score (nSPS) is 12.1. The minimum absolute atomic E-state index is 0.00639. The highest BCUT2D eigenvalue weighted by Crippen LogP contribution is 2.18. The van der Waals surface area contributed by atoms with Crippen molar-refractivity contribution < 1.29 is 4.79 Å². The van der Waals surface area contributed by atoms with Gasteiger partial charge in [-0.1, -0.05) is 6.07 Å². The molecule has 0 saturated carbocycles. The molecular formula is C10H12N4OS. The molecule has 1 unspecified atom stereocenters. The average molecular weight is 236 g/mol. The summed E-state index contributed by atoms with van der Waals surface area (Å²) in [6, 6.07) is 3.73. The lowest BCUT2D eigenvalue weighted by Crippen LogP contribution is -2.30. The van der Waals surface area contributed by atoms with Crippen molar-refractivity contribution in [1.29, 1.82) is 0 Å². The number of aromatic amines is 1. The third kappa shape index (κ3) is 2.60. The minimum atomic E-state index is -0.234. The van der Waals surface area contributed by atoms with Gasteiger partial charge < -0.3 is 10.6 Å². The summed E-state index contributed by atoms with van der Waals surface area (Å²) in [6.07, 6.45) is 3.17. The summed E-state index contributed by atoms with van der Waals surface area (Å²) in [5.41, 5.74) is 0.649. The first-order valence-electron chi connectivity index (χ1n) is 4.85. The topological polar surface area (TPSA) is 69.8 Å². The van der Waals surface area contributed by atoms with Gasteiger partial charge in [0.15, 0.2) is 0 Å². The maximum Gasteiger partial charge on any atom is 0.319 e. The van der Waals surface area contributed by atoms with Gasteiger partial charge in [0, 0.05) is 11.1 Å². The number of thiophene rings is 1. The number of H-pyrrole nitrogens is 1. The van der Waals surface area contributed by atoms with E-state index in [9.17, 15) is 4.79 Å². The molecule has 0 aliphatic heterocycles. The lowest BCUT2D eigenvalue weighted by molar-refractivity contribution is 0.249. The summed E-state index contributed by atoms with van der Waals surface area (Å²) >= 11 is 1.62. The Morgan fingerprint density at radius 1 is 1.62 bits per heavy atom. The highest BCUT2D eigenvalue weighted by Gasteiger charge is 2.10. The summed E-state index contributed by atoms with van der Waals surface area (Å²) in [4.78, 5) is 12.7. The quantitative estimate of drug-likeness (QED) is 0.765. The van der Waals surface area contributed by atoms with Crippen molar-refractivity contribution in [2.24, 2.45) is 0 Å². The minimum Gasteiger partial charge on any atom is -0.331 e. The molecule has 0 spiro atoms. The van der Waals surface area contributed by atoms with Gasteiger partial charge in [0.2, 0.25) is 0 Å². The Morgan fingerprint density at radius 3 is 3.12 bits per heavy atom. The maximum atomic E-state index is 11.6. The van der Waals surface area contributed by atoms with Gasteiger partial charge in [-0.25, -0.2) is 4.79 Å². The second kappa shape index (κ2) is 4.80. The van der Waals surface area contributed by atoms with Crippen LogP contribution in [0.4, 0.5) is 10.5 Å². The number of hydrogen-bond acceptors (Lipinski definition) is 3. The van der Waals surface area contributed by atoms with Gasteiger partial charge in [-0.15, -0.1) is 11.3 Å². The number of carbonyl (C=O) groups is 1. The van der Waals surface area contributed by atoms with Gasteiger partial charge in [0.25, 0.3) is 0 Å². The van der Waals surface area contributed by atoms with Crippen molar-refractivity contribution in [3.63, 3.8) is 0 Å². The highest BCUT2D eigenvalue weighted by atomic mass is 32.1. The first-order chi connectivity index (χ1) is 7.75. The number of aromatic nitrogens is 2. The molecule has 2 aromatic rings. The Balaban J connectivity index is 1.88. The molecule has 0 aliphatic carbocycles. The number of anilines is 1. The lowest BCUT2D eigenvalue weighted by Gasteiger charge is -2.12. The van der Waals surface area contributed by atoms with E-state index in [1.54, 1.807) is 23.7 Å². The zero-order chi connectivity index (χ0) is 11.4. The van der Waals surface area contributed by atoms with Crippen LogP contribution in [0, 0.1) is 0 Å². The number of nitrogens with one attached hydrogen (secondary N) is 3. The van der Waals surface area contributed by atoms with E-state index in [0.717, 1.165) is 4.88 Å². The second-order valence-corrected chi connectivity index (χ2v) is 4.30. The fraction of sp³-hybridized carbons (Fsp3) is 0.200. The van der Waals surface area contributed by atoms with Crippen molar-refractivity contribution in [1.82, 2.24) is 15.5 Å². The molecular weight excluding hydrogens is 224 g/mol. The molecule has 3 N–H and O–H groups in total. The van der Waals surface area contributed by atoms with Crippen LogP contribution in [0.25, 0.3) is 0 Å². The standard InChI is InChI=1S/C10H12N4OS/c1-7(9-3-2-4-16-9)13-10(15)14-8-5-11-12-6-8/h2-7H,1H3,(H,11,12)(H2,13,14,15). The molecule has 5 nitrogen and oxygen atoms in total. The zero-order valence-corrected chi connectivity index (χ0v) is 9.54. The van der Waals surface area contributed by atoms with Crippen molar-refractivity contribution in [3.8, 4) is 0 Å². The molecule has 0 fully saturated rings. The van der Waals surface area contributed by atoms with Crippen molar-refractivity contribution >= 4 is 23.1 Å². The first-order valence-corrected chi connectivity index (χ1v) is 5.73. The molecule has 2 heterocycles. The molecule has 0 aliphatic rings. The maximum absolute atomic E-state index is 11.6. The van der Waals surface area contributed by atoms with E-state index < -0.39 is 0 Å². The predicted molar refractivity (Wildman–Crippen MR) is 63.5 cm³/mol. The Kier molecular flexibility index (Phi) is 3.21. The van der Waals surface area contributed by atoms with E-state index >= 15 is 0 Å². The molecule has 0 saturated heterocycles. The van der Waals surface area contributed by atoms with Crippen LogP contribution in [0.15, 0.2) is 29.9 Å². The van der Waals surface area contributed by atoms with Gasteiger partial charge in [-0.05, 0) is 18.4 Å². The Morgan fingerprint density at radius 2 is 2.50 bits per heavy atom. The van der Waals surface area contributed by atoms with Crippen LogP contribution in [0.2, 0.25) is 0 Å². The molecule has 1 atom stereocenters. The molecule has 0 radical (unpaired) electrons. The van der Waals surface area contributed by atoms with Crippen LogP contribution in [0.5, 0.6) is 0 Å². The predicted octanol–water partition coefficient (Wildman–Crippen LogP) is 2.35. The summed E-state index contributed by atoms with van der Waals surface area (Å²) in [6.45, 7) is 1.95. The van der Waals surface area contributed by atoms with Gasteiger partial charge in [-0.2, -0.15) is 5.10 Å². The van der Waals surface area contributed by atoms with Crippen LogP contribution in [0.3, 0.4) is 0 Å². The summed E-state index contributed by atoms with van der Waals surface area (Å²) in [5.74, 6) is 0. The van der Waals surface area contributed by atoms with Gasteiger partial charge in [0.05, 0.1) is 17.9 Å². The molecule has 2 aromatic heterocycles. The van der Waals surface area contributed by atoms with E-state index in [1.165, 1.54) is 0 Å². The zero-order valence-electron chi connectivity index (χ0n) is 8.73. The molecule has 2 rings (SSSR count). The average Bonchev–Trinajstić information content (AvgIpc) is 2.88. The van der Waals surface area contributed by atoms with Gasteiger partial charge in [0.1, 0.15) is 0 Å². The van der Waals surface area contributed by atoms with Crippen molar-refractivity contribution in [2.75, 3.05) is 5.32 Å². The number of carbonyl (C=O) groups excluding carboxylic acids is 1. The Bertz CT molecular complexity index is 437. The smallest absolute Gasteiger partial charge is 0.319 e. The van der Waals surface area contributed by atoms with Gasteiger partial charge >= 0.3 is 6.03 Å². The van der Waals surface area contributed by atoms with Crippen LogP contribution < -0.4 is 10.6 Å². The third-order valence-electron chi connectivity index (χ3n) is 2.07. The molecule has 16 heavy (non-hydrogen) atoms. The SMILES string of the molecule is CC(NC(=O)Nc1cn[nH]c1)c1cccs1. The van der Waals surface area contributed by atoms with Crippen LogP contribution in [-0.2, 0) is 0 Å². The van der Waals surface area contributed by atoms with Crippen LogP contribution >= 0.6 is 11.3 Å². The fourth-order valence-corrected chi connectivity index (χ4v) is 2.03. The molecule has 6 heteroatoms. The fourth-order valence-electron chi connectivity index (χ4n) is 1.29. The molecule has 0 aromatic carbocycles. The lowest BCUT2D eigenvalue weighted by atomic mass is 10.3. The highest BCUT2D eigenvalue weighted by molar-refractivity contribution is 7.10. The number of hydrogen-bond donors (Lipinski definition) is 3.